The lowest BCUT2D eigenvalue weighted by atomic mass is 9.86. The minimum Gasteiger partial charge on any atom is -0.351 e. The molecular formula is C26H24F2N2O. The van der Waals surface area contributed by atoms with Crippen LogP contribution in [0.15, 0.2) is 84.6 Å². The van der Waals surface area contributed by atoms with Crippen LogP contribution in [-0.4, -0.2) is 5.91 Å². The zero-order valence-corrected chi connectivity index (χ0v) is 17.7. The summed E-state index contributed by atoms with van der Waals surface area (Å²) < 4.78 is 26.7. The molecule has 3 aromatic rings. The molecule has 3 nitrogen and oxygen atoms in total. The monoisotopic (exact) mass is 418 g/mol. The van der Waals surface area contributed by atoms with Gasteiger partial charge < -0.3 is 5.32 Å². The highest BCUT2D eigenvalue weighted by Crippen LogP contribution is 2.37. The van der Waals surface area contributed by atoms with Crippen molar-refractivity contribution < 1.29 is 13.6 Å². The molecule has 1 N–H and O–H groups in total. The molecule has 1 amide bonds. The summed E-state index contributed by atoms with van der Waals surface area (Å²) in [6, 6.07) is 19.5. The van der Waals surface area contributed by atoms with Crippen LogP contribution in [0.3, 0.4) is 0 Å². The summed E-state index contributed by atoms with van der Waals surface area (Å²) in [4.78, 5) is 14.9. The Morgan fingerprint density at radius 2 is 1.35 bits per heavy atom. The third kappa shape index (κ3) is 4.36. The molecule has 0 fully saturated rings. The number of carbonyl (C=O) groups is 1. The first-order valence-electron chi connectivity index (χ1n) is 10.2. The van der Waals surface area contributed by atoms with Gasteiger partial charge in [0.05, 0.1) is 6.04 Å². The molecule has 1 aliphatic rings. The fourth-order valence-electron chi connectivity index (χ4n) is 3.65. The van der Waals surface area contributed by atoms with Gasteiger partial charge in [-0.05, 0) is 71.1 Å². The number of nitrogens with one attached hydrogen (secondary N) is 1. The molecule has 0 unspecified atom stereocenters. The lowest BCUT2D eigenvalue weighted by Crippen LogP contribution is -2.30. The quantitative estimate of drug-likeness (QED) is 0.536. The first-order valence-corrected chi connectivity index (χ1v) is 10.2. The summed E-state index contributed by atoms with van der Waals surface area (Å²) in [7, 11) is 0. The Bertz CT molecular complexity index is 1110. The summed E-state index contributed by atoms with van der Waals surface area (Å²) in [5.74, 6) is -0.943. The minimum absolute atomic E-state index is 0.0197. The summed E-state index contributed by atoms with van der Waals surface area (Å²) >= 11 is 0. The van der Waals surface area contributed by atoms with E-state index in [9.17, 15) is 13.6 Å². The molecule has 31 heavy (non-hydrogen) atoms. The van der Waals surface area contributed by atoms with Gasteiger partial charge in [0.15, 0.2) is 0 Å². The number of benzene rings is 3. The Kier molecular flexibility index (Phi) is 5.36. The van der Waals surface area contributed by atoms with Crippen molar-refractivity contribution in [2.24, 2.45) is 0 Å². The van der Waals surface area contributed by atoms with Gasteiger partial charge in [-0.15, -0.1) is 0 Å². The van der Waals surface area contributed by atoms with Crippen LogP contribution < -0.4 is 10.2 Å². The van der Waals surface area contributed by atoms with Crippen molar-refractivity contribution in [3.8, 4) is 0 Å². The number of hydrogen-bond acceptors (Lipinski definition) is 2. The minimum atomic E-state index is -0.362. The Balaban J connectivity index is 1.71. The van der Waals surface area contributed by atoms with Crippen molar-refractivity contribution in [3.05, 3.63) is 107 Å². The second-order valence-electron chi connectivity index (χ2n) is 8.68. The summed E-state index contributed by atoms with van der Waals surface area (Å²) in [6.07, 6.45) is 1.85. The Labute approximate surface area is 181 Å². The number of carbonyl (C=O) groups excluding carboxylic acids is 1. The standard InChI is InChI=1S/C26H24F2N2O/c1-26(2,3)18-6-4-17(5-7-18)24-16-23(29-21-12-8-19(27)9-13-21)25(31)30(24)22-14-10-20(28)11-15-22/h4-16,24,29H,1-3H3/t24-/m0/s1. The number of anilines is 2. The van der Waals surface area contributed by atoms with Crippen molar-refractivity contribution in [3.63, 3.8) is 0 Å². The summed E-state index contributed by atoms with van der Waals surface area (Å²) in [5, 5.41) is 3.09. The molecule has 0 aliphatic carbocycles. The van der Waals surface area contributed by atoms with Gasteiger partial charge >= 0.3 is 0 Å². The van der Waals surface area contributed by atoms with E-state index in [1.54, 1.807) is 29.2 Å². The summed E-state index contributed by atoms with van der Waals surface area (Å²) in [5.41, 5.74) is 3.77. The van der Waals surface area contributed by atoms with Crippen molar-refractivity contribution >= 4 is 17.3 Å². The maximum absolute atomic E-state index is 13.5. The Morgan fingerprint density at radius 3 is 1.90 bits per heavy atom. The lowest BCUT2D eigenvalue weighted by molar-refractivity contribution is -0.114. The molecule has 1 aliphatic heterocycles. The van der Waals surface area contributed by atoms with Gasteiger partial charge in [-0.25, -0.2) is 8.78 Å². The third-order valence-corrected chi connectivity index (χ3v) is 5.40. The molecule has 0 saturated heterocycles. The summed E-state index contributed by atoms with van der Waals surface area (Å²) in [6.45, 7) is 6.45. The number of halogens is 2. The Morgan fingerprint density at radius 1 is 0.806 bits per heavy atom. The van der Waals surface area contributed by atoms with Gasteiger partial charge in [-0.1, -0.05) is 45.0 Å². The largest absolute Gasteiger partial charge is 0.351 e. The molecule has 0 bridgehead atoms. The third-order valence-electron chi connectivity index (χ3n) is 5.40. The van der Waals surface area contributed by atoms with Crippen LogP contribution in [-0.2, 0) is 10.2 Å². The number of nitrogens with zero attached hydrogens (tertiary/aromatic N) is 1. The molecule has 0 radical (unpaired) electrons. The highest BCUT2D eigenvalue weighted by molar-refractivity contribution is 6.11. The highest BCUT2D eigenvalue weighted by atomic mass is 19.1. The van der Waals surface area contributed by atoms with E-state index >= 15 is 0 Å². The van der Waals surface area contributed by atoms with Crippen LogP contribution >= 0.6 is 0 Å². The average molecular weight is 418 g/mol. The molecule has 0 saturated carbocycles. The second kappa shape index (κ2) is 7.99. The SMILES string of the molecule is CC(C)(C)c1ccc([C@@H]2C=C(Nc3ccc(F)cc3)C(=O)N2c2ccc(F)cc2)cc1. The van der Waals surface area contributed by atoms with E-state index in [0.717, 1.165) is 5.56 Å². The van der Waals surface area contributed by atoms with Crippen molar-refractivity contribution in [1.29, 1.82) is 0 Å². The normalized spacial score (nSPS) is 16.4. The lowest BCUT2D eigenvalue weighted by Gasteiger charge is -2.26. The van der Waals surface area contributed by atoms with Crippen LogP contribution in [0.4, 0.5) is 20.2 Å². The fraction of sp³-hybridized carbons (Fsp3) is 0.192. The van der Waals surface area contributed by atoms with E-state index in [2.05, 4.69) is 38.2 Å². The van der Waals surface area contributed by atoms with E-state index in [1.807, 2.05) is 18.2 Å². The molecule has 0 spiro atoms. The zero-order valence-electron chi connectivity index (χ0n) is 17.7. The topological polar surface area (TPSA) is 32.3 Å². The van der Waals surface area contributed by atoms with E-state index in [-0.39, 0.29) is 29.0 Å². The number of amides is 1. The van der Waals surface area contributed by atoms with E-state index < -0.39 is 0 Å². The van der Waals surface area contributed by atoms with Crippen LogP contribution in [0.2, 0.25) is 0 Å². The van der Waals surface area contributed by atoms with Crippen molar-refractivity contribution in [2.75, 3.05) is 10.2 Å². The second-order valence-corrected chi connectivity index (χ2v) is 8.68. The smallest absolute Gasteiger partial charge is 0.275 e. The van der Waals surface area contributed by atoms with Crippen LogP contribution in [0.25, 0.3) is 0 Å². The van der Waals surface area contributed by atoms with Crippen LogP contribution in [0.5, 0.6) is 0 Å². The van der Waals surface area contributed by atoms with Gasteiger partial charge in [0, 0.05) is 11.4 Å². The highest BCUT2D eigenvalue weighted by Gasteiger charge is 2.35. The van der Waals surface area contributed by atoms with E-state index in [1.165, 1.54) is 29.8 Å². The number of hydrogen-bond donors (Lipinski definition) is 1. The molecule has 3 aromatic carbocycles. The van der Waals surface area contributed by atoms with Crippen molar-refractivity contribution in [2.45, 2.75) is 32.2 Å². The van der Waals surface area contributed by atoms with Gasteiger partial charge in [-0.3, -0.25) is 9.69 Å². The van der Waals surface area contributed by atoms with Gasteiger partial charge in [0.25, 0.3) is 5.91 Å². The molecular weight excluding hydrogens is 394 g/mol. The fourth-order valence-corrected chi connectivity index (χ4v) is 3.65. The van der Waals surface area contributed by atoms with Crippen molar-refractivity contribution in [1.82, 2.24) is 0 Å². The molecule has 0 aromatic heterocycles. The first-order chi connectivity index (χ1) is 14.7. The molecule has 1 atom stereocenters. The zero-order chi connectivity index (χ0) is 22.2. The van der Waals surface area contributed by atoms with Crippen LogP contribution in [0.1, 0.15) is 37.9 Å². The van der Waals surface area contributed by atoms with E-state index in [4.69, 9.17) is 0 Å². The van der Waals surface area contributed by atoms with E-state index in [0.29, 0.717) is 17.1 Å². The molecule has 1 heterocycles. The predicted molar refractivity (Wildman–Crippen MR) is 120 cm³/mol. The first kappa shape index (κ1) is 20.8. The molecule has 158 valence electrons. The van der Waals surface area contributed by atoms with Gasteiger partial charge in [0.2, 0.25) is 0 Å². The maximum Gasteiger partial charge on any atom is 0.275 e. The van der Waals surface area contributed by atoms with Gasteiger partial charge in [0.1, 0.15) is 17.3 Å². The predicted octanol–water partition coefficient (Wildman–Crippen LogP) is 6.35. The van der Waals surface area contributed by atoms with Gasteiger partial charge in [-0.2, -0.15) is 0 Å². The maximum atomic E-state index is 13.5. The molecule has 4 rings (SSSR count). The van der Waals surface area contributed by atoms with Crippen LogP contribution in [0, 0.1) is 11.6 Å². The Hall–Kier alpha value is -3.47. The average Bonchev–Trinajstić information content (AvgIpc) is 3.06. The number of rotatable bonds is 4. The molecule has 5 heteroatoms.